The fraction of sp³-hybridized carbons (Fsp3) is 0.600. The van der Waals surface area contributed by atoms with E-state index in [0.29, 0.717) is 17.0 Å². The van der Waals surface area contributed by atoms with E-state index < -0.39 is 0 Å². The van der Waals surface area contributed by atoms with Gasteiger partial charge in [-0.25, -0.2) is 4.39 Å². The van der Waals surface area contributed by atoms with E-state index in [1.165, 1.54) is 38.2 Å². The lowest BCUT2D eigenvalue weighted by Crippen LogP contribution is -2.33. The molecule has 1 aliphatic rings. The van der Waals surface area contributed by atoms with Crippen LogP contribution in [0.2, 0.25) is 5.02 Å². The first-order valence-electron chi connectivity index (χ1n) is 6.82. The van der Waals surface area contributed by atoms with Gasteiger partial charge in [0.15, 0.2) is 0 Å². The molecule has 1 aromatic rings. The van der Waals surface area contributed by atoms with Gasteiger partial charge in [0, 0.05) is 6.04 Å². The van der Waals surface area contributed by atoms with Crippen molar-refractivity contribution < 1.29 is 4.39 Å². The van der Waals surface area contributed by atoms with Crippen molar-refractivity contribution in [3.8, 4) is 0 Å². The quantitative estimate of drug-likeness (QED) is 0.812. The molecular formula is C15H21ClFN. The molecule has 1 N–H and O–H groups in total. The fourth-order valence-corrected chi connectivity index (χ4v) is 3.20. The molecule has 0 radical (unpaired) electrons. The Morgan fingerprint density at radius 2 is 2.06 bits per heavy atom. The minimum atomic E-state index is -0.302. The molecule has 0 aliphatic heterocycles. The molecule has 18 heavy (non-hydrogen) atoms. The molecule has 2 unspecified atom stereocenters. The van der Waals surface area contributed by atoms with Crippen molar-refractivity contribution in [1.82, 2.24) is 5.32 Å². The number of halogens is 2. The summed E-state index contributed by atoms with van der Waals surface area (Å²) in [6.45, 7) is 0. The van der Waals surface area contributed by atoms with Gasteiger partial charge in [0.1, 0.15) is 5.82 Å². The van der Waals surface area contributed by atoms with E-state index in [-0.39, 0.29) is 5.82 Å². The van der Waals surface area contributed by atoms with Crippen LogP contribution in [0.5, 0.6) is 0 Å². The zero-order valence-corrected chi connectivity index (χ0v) is 11.6. The topological polar surface area (TPSA) is 12.0 Å². The highest BCUT2D eigenvalue weighted by molar-refractivity contribution is 6.31. The highest BCUT2D eigenvalue weighted by atomic mass is 35.5. The van der Waals surface area contributed by atoms with Crippen LogP contribution in [0, 0.1) is 11.7 Å². The van der Waals surface area contributed by atoms with Crippen LogP contribution in [0.1, 0.15) is 37.7 Å². The van der Waals surface area contributed by atoms with Crippen molar-refractivity contribution in [2.75, 3.05) is 7.05 Å². The predicted molar refractivity (Wildman–Crippen MR) is 74.5 cm³/mol. The first kappa shape index (κ1) is 13.8. The third-order valence-electron chi connectivity index (χ3n) is 4.04. The van der Waals surface area contributed by atoms with Crippen LogP contribution in [0.4, 0.5) is 4.39 Å². The zero-order valence-electron chi connectivity index (χ0n) is 10.9. The summed E-state index contributed by atoms with van der Waals surface area (Å²) in [6, 6.07) is 5.66. The lowest BCUT2D eigenvalue weighted by atomic mass is 9.88. The lowest BCUT2D eigenvalue weighted by Gasteiger charge is -2.25. The van der Waals surface area contributed by atoms with Gasteiger partial charge in [-0.05, 0) is 43.9 Å². The predicted octanol–water partition coefficient (Wildman–Crippen LogP) is 4.19. The maximum Gasteiger partial charge on any atom is 0.142 e. The van der Waals surface area contributed by atoms with E-state index in [0.717, 1.165) is 12.0 Å². The van der Waals surface area contributed by atoms with Gasteiger partial charge in [-0.3, -0.25) is 0 Å². The van der Waals surface area contributed by atoms with Crippen molar-refractivity contribution in [2.45, 2.75) is 44.6 Å². The van der Waals surface area contributed by atoms with Crippen LogP contribution >= 0.6 is 11.6 Å². The lowest BCUT2D eigenvalue weighted by molar-refractivity contribution is 0.350. The van der Waals surface area contributed by atoms with E-state index in [9.17, 15) is 4.39 Å². The number of nitrogens with one attached hydrogen (secondary N) is 1. The summed E-state index contributed by atoms with van der Waals surface area (Å²) >= 11 is 6.05. The van der Waals surface area contributed by atoms with Crippen molar-refractivity contribution >= 4 is 11.6 Å². The van der Waals surface area contributed by atoms with Gasteiger partial charge in [0.2, 0.25) is 0 Å². The summed E-state index contributed by atoms with van der Waals surface area (Å²) in [4.78, 5) is 0. The van der Waals surface area contributed by atoms with E-state index in [2.05, 4.69) is 5.32 Å². The Morgan fingerprint density at radius 1 is 1.28 bits per heavy atom. The summed E-state index contributed by atoms with van der Waals surface area (Å²) in [5.41, 5.74) is 0.948. The van der Waals surface area contributed by atoms with E-state index in [1.54, 1.807) is 6.07 Å². The van der Waals surface area contributed by atoms with E-state index in [1.807, 2.05) is 13.1 Å². The molecular weight excluding hydrogens is 249 g/mol. The highest BCUT2D eigenvalue weighted by Gasteiger charge is 2.23. The van der Waals surface area contributed by atoms with Gasteiger partial charge < -0.3 is 5.32 Å². The smallest absolute Gasteiger partial charge is 0.142 e. The maximum absolute atomic E-state index is 13.4. The van der Waals surface area contributed by atoms with Crippen LogP contribution in [0.15, 0.2) is 18.2 Å². The fourth-order valence-electron chi connectivity index (χ4n) is 3.00. The van der Waals surface area contributed by atoms with Gasteiger partial charge in [-0.1, -0.05) is 43.0 Å². The zero-order chi connectivity index (χ0) is 13.0. The van der Waals surface area contributed by atoms with Gasteiger partial charge in [-0.2, -0.15) is 0 Å². The van der Waals surface area contributed by atoms with Crippen LogP contribution < -0.4 is 5.32 Å². The molecule has 1 nitrogen and oxygen atoms in total. The SMILES string of the molecule is CNC1CCCCCC1Cc1cccc(F)c1Cl. The largest absolute Gasteiger partial charge is 0.317 e. The first-order chi connectivity index (χ1) is 8.72. The van der Waals surface area contributed by atoms with Crippen molar-refractivity contribution in [2.24, 2.45) is 5.92 Å². The molecule has 2 rings (SSSR count). The molecule has 0 heterocycles. The Bertz CT molecular complexity index is 394. The Kier molecular flexibility index (Phi) is 5.02. The average molecular weight is 270 g/mol. The minimum absolute atomic E-state index is 0.302. The van der Waals surface area contributed by atoms with Crippen molar-refractivity contribution in [3.63, 3.8) is 0 Å². The first-order valence-corrected chi connectivity index (χ1v) is 7.20. The molecule has 1 fully saturated rings. The number of hydrogen-bond acceptors (Lipinski definition) is 1. The summed E-state index contributed by atoms with van der Waals surface area (Å²) in [6.07, 6.45) is 7.18. The third-order valence-corrected chi connectivity index (χ3v) is 4.47. The van der Waals surface area contributed by atoms with Crippen LogP contribution in [0.3, 0.4) is 0 Å². The summed E-state index contributed by atoms with van der Waals surface area (Å²) < 4.78 is 13.4. The second-order valence-electron chi connectivity index (χ2n) is 5.21. The molecule has 0 bridgehead atoms. The van der Waals surface area contributed by atoms with E-state index >= 15 is 0 Å². The molecule has 0 aromatic heterocycles. The van der Waals surface area contributed by atoms with Gasteiger partial charge in [-0.15, -0.1) is 0 Å². The molecule has 2 atom stereocenters. The van der Waals surface area contributed by atoms with Gasteiger partial charge in [0.05, 0.1) is 5.02 Å². The molecule has 0 amide bonds. The van der Waals surface area contributed by atoms with Crippen LogP contribution in [-0.4, -0.2) is 13.1 Å². The Labute approximate surface area is 114 Å². The molecule has 1 saturated carbocycles. The number of benzene rings is 1. The molecule has 0 spiro atoms. The van der Waals surface area contributed by atoms with Crippen LogP contribution in [0.25, 0.3) is 0 Å². The Balaban J connectivity index is 2.12. The minimum Gasteiger partial charge on any atom is -0.317 e. The van der Waals surface area contributed by atoms with Gasteiger partial charge >= 0.3 is 0 Å². The molecule has 0 saturated heterocycles. The summed E-state index contributed by atoms with van der Waals surface area (Å²) in [7, 11) is 2.02. The molecule has 3 heteroatoms. The monoisotopic (exact) mass is 269 g/mol. The average Bonchev–Trinajstić information content (AvgIpc) is 2.60. The molecule has 1 aromatic carbocycles. The summed E-state index contributed by atoms with van der Waals surface area (Å²) in [5, 5.41) is 3.71. The number of rotatable bonds is 3. The standard InChI is InChI=1S/C15H21ClFN/c1-18-14-9-4-2-3-6-11(14)10-12-7-5-8-13(17)15(12)16/h5,7-8,11,14,18H,2-4,6,9-10H2,1H3. The number of hydrogen-bond donors (Lipinski definition) is 1. The second-order valence-corrected chi connectivity index (χ2v) is 5.59. The second kappa shape index (κ2) is 6.53. The maximum atomic E-state index is 13.4. The van der Waals surface area contributed by atoms with E-state index in [4.69, 9.17) is 11.6 Å². The van der Waals surface area contributed by atoms with Gasteiger partial charge in [0.25, 0.3) is 0 Å². The van der Waals surface area contributed by atoms with Crippen LogP contribution in [-0.2, 0) is 6.42 Å². The molecule has 1 aliphatic carbocycles. The highest BCUT2D eigenvalue weighted by Crippen LogP contribution is 2.29. The Morgan fingerprint density at radius 3 is 2.83 bits per heavy atom. The van der Waals surface area contributed by atoms with Crippen molar-refractivity contribution in [1.29, 1.82) is 0 Å². The van der Waals surface area contributed by atoms with Crippen molar-refractivity contribution in [3.05, 3.63) is 34.6 Å². The normalized spacial score (nSPS) is 24.8. The third kappa shape index (κ3) is 3.24. The summed E-state index contributed by atoms with van der Waals surface area (Å²) in [5.74, 6) is 0.264. The Hall–Kier alpha value is -0.600. The molecule has 100 valence electrons.